The number of aliphatic hydroxyl groups excluding tert-OH is 1. The Kier molecular flexibility index (Phi) is 5.77. The molecule has 0 aliphatic carbocycles. The van der Waals surface area contributed by atoms with E-state index < -0.39 is 6.10 Å². The molecule has 2 N–H and O–H groups in total. The first-order valence-electron chi connectivity index (χ1n) is 10.6. The van der Waals surface area contributed by atoms with Gasteiger partial charge in [-0.2, -0.15) is 5.10 Å². The number of nitrogens with zero attached hydrogens (tertiary/aromatic N) is 6. The Hall–Kier alpha value is -3.01. The summed E-state index contributed by atoms with van der Waals surface area (Å²) in [4.78, 5) is 4.31. The van der Waals surface area contributed by atoms with E-state index in [4.69, 9.17) is 16.3 Å². The predicted molar refractivity (Wildman–Crippen MR) is 120 cm³/mol. The molecule has 9 nitrogen and oxygen atoms in total. The molecule has 0 saturated carbocycles. The van der Waals surface area contributed by atoms with E-state index >= 15 is 0 Å². The highest BCUT2D eigenvalue weighted by Gasteiger charge is 2.23. The molecule has 0 amide bonds. The summed E-state index contributed by atoms with van der Waals surface area (Å²) in [5.41, 5.74) is 3.81. The summed E-state index contributed by atoms with van der Waals surface area (Å²) in [6, 6.07) is 7.69. The van der Waals surface area contributed by atoms with Gasteiger partial charge in [-0.1, -0.05) is 22.9 Å². The van der Waals surface area contributed by atoms with Crippen molar-refractivity contribution in [1.29, 1.82) is 0 Å². The first-order chi connectivity index (χ1) is 15.7. The molecule has 0 unspecified atom stereocenters. The zero-order chi connectivity index (χ0) is 22.1. The number of hydrogen-bond acceptors (Lipinski definition) is 7. The van der Waals surface area contributed by atoms with Crippen LogP contribution in [-0.2, 0) is 0 Å². The fraction of sp³-hybridized carbons (Fsp3) is 0.364. The Morgan fingerprint density at radius 1 is 1.31 bits per heavy atom. The summed E-state index contributed by atoms with van der Waals surface area (Å²) in [6.07, 6.45) is 6.50. The lowest BCUT2D eigenvalue weighted by molar-refractivity contribution is 0.114. The van der Waals surface area contributed by atoms with Gasteiger partial charge in [0.2, 0.25) is 0 Å². The highest BCUT2D eigenvalue weighted by Crippen LogP contribution is 2.35. The number of halogens is 1. The molecule has 0 radical (unpaired) electrons. The van der Waals surface area contributed by atoms with E-state index in [0.717, 1.165) is 42.9 Å². The number of pyridine rings is 2. The largest absolute Gasteiger partial charge is 0.479 e. The monoisotopic (exact) mass is 453 g/mol. The van der Waals surface area contributed by atoms with Gasteiger partial charge in [0.15, 0.2) is 6.10 Å². The van der Waals surface area contributed by atoms with Gasteiger partial charge in [0.25, 0.3) is 0 Å². The third kappa shape index (κ3) is 3.83. The van der Waals surface area contributed by atoms with E-state index in [0.29, 0.717) is 28.0 Å². The third-order valence-electron chi connectivity index (χ3n) is 5.84. The van der Waals surface area contributed by atoms with Crippen LogP contribution in [0.15, 0.2) is 42.9 Å². The molecule has 1 aliphatic rings. The molecule has 0 bridgehead atoms. The first kappa shape index (κ1) is 20.9. The minimum Gasteiger partial charge on any atom is -0.479 e. The average molecular weight is 454 g/mol. The summed E-state index contributed by atoms with van der Waals surface area (Å²) in [7, 11) is 0. The second-order valence-corrected chi connectivity index (χ2v) is 8.28. The molecule has 1 aliphatic heterocycles. The maximum Gasteiger partial charge on any atom is 0.163 e. The van der Waals surface area contributed by atoms with Crippen LogP contribution >= 0.6 is 11.6 Å². The fourth-order valence-electron chi connectivity index (χ4n) is 4.18. The van der Waals surface area contributed by atoms with E-state index in [9.17, 15) is 5.11 Å². The molecule has 0 spiro atoms. The van der Waals surface area contributed by atoms with Crippen LogP contribution in [0.3, 0.4) is 0 Å². The Labute approximate surface area is 190 Å². The second-order valence-electron chi connectivity index (χ2n) is 7.87. The molecule has 166 valence electrons. The van der Waals surface area contributed by atoms with Gasteiger partial charge < -0.3 is 15.2 Å². The van der Waals surface area contributed by atoms with Gasteiger partial charge in [0, 0.05) is 18.0 Å². The molecule has 1 saturated heterocycles. The van der Waals surface area contributed by atoms with Crippen molar-refractivity contribution < 1.29 is 9.84 Å². The van der Waals surface area contributed by atoms with Crippen molar-refractivity contribution in [2.75, 3.05) is 19.7 Å². The van der Waals surface area contributed by atoms with Crippen LogP contribution in [0.5, 0.6) is 5.75 Å². The van der Waals surface area contributed by atoms with Crippen molar-refractivity contribution in [2.24, 2.45) is 0 Å². The molecule has 0 aromatic carbocycles. The maximum atomic E-state index is 9.96. The van der Waals surface area contributed by atoms with Crippen LogP contribution < -0.4 is 10.1 Å². The van der Waals surface area contributed by atoms with Crippen LogP contribution in [0.1, 0.15) is 36.4 Å². The van der Waals surface area contributed by atoms with Crippen molar-refractivity contribution >= 4 is 17.1 Å². The summed E-state index contributed by atoms with van der Waals surface area (Å²) in [6.45, 7) is 3.75. The van der Waals surface area contributed by atoms with E-state index in [1.54, 1.807) is 16.9 Å². The smallest absolute Gasteiger partial charge is 0.163 e. The normalized spacial score (nSPS) is 15.8. The van der Waals surface area contributed by atoms with Crippen molar-refractivity contribution in [3.05, 3.63) is 59.3 Å². The predicted octanol–water partition coefficient (Wildman–Crippen LogP) is 2.99. The van der Waals surface area contributed by atoms with Gasteiger partial charge in [-0.15, -0.1) is 5.10 Å². The van der Waals surface area contributed by atoms with Gasteiger partial charge in [-0.25, -0.2) is 9.20 Å². The highest BCUT2D eigenvalue weighted by atomic mass is 35.5. The zero-order valence-corrected chi connectivity index (χ0v) is 18.4. The molecule has 5 heterocycles. The average Bonchev–Trinajstić information content (AvgIpc) is 3.41. The Morgan fingerprint density at radius 2 is 2.16 bits per heavy atom. The van der Waals surface area contributed by atoms with Crippen LogP contribution in [0.4, 0.5) is 0 Å². The van der Waals surface area contributed by atoms with Gasteiger partial charge in [-0.05, 0) is 51.1 Å². The van der Waals surface area contributed by atoms with Crippen LogP contribution in [0.25, 0.3) is 16.8 Å². The number of aromatic nitrogens is 6. The summed E-state index contributed by atoms with van der Waals surface area (Å²) in [5, 5.41) is 27.1. The Morgan fingerprint density at radius 3 is 2.91 bits per heavy atom. The lowest BCUT2D eigenvalue weighted by atomic mass is 10.1. The van der Waals surface area contributed by atoms with E-state index in [2.05, 4.69) is 25.7 Å². The molecule has 32 heavy (non-hydrogen) atoms. The van der Waals surface area contributed by atoms with Crippen molar-refractivity contribution in [1.82, 2.24) is 34.9 Å². The van der Waals surface area contributed by atoms with Gasteiger partial charge >= 0.3 is 0 Å². The highest BCUT2D eigenvalue weighted by molar-refractivity contribution is 6.34. The number of rotatable bonds is 6. The number of nitrogens with one attached hydrogen (secondary N) is 1. The number of aliphatic hydroxyl groups is 1. The maximum absolute atomic E-state index is 9.96. The molecule has 10 heteroatoms. The first-order valence-corrected chi connectivity index (χ1v) is 11.0. The van der Waals surface area contributed by atoms with E-state index in [-0.39, 0.29) is 6.61 Å². The third-order valence-corrected chi connectivity index (χ3v) is 6.12. The van der Waals surface area contributed by atoms with Gasteiger partial charge in [0.05, 0.1) is 35.3 Å². The lowest BCUT2D eigenvalue weighted by Gasteiger charge is -2.23. The molecular formula is C22H24ClN7O2. The quantitative estimate of drug-likeness (QED) is 0.462. The standard InChI is InChI=1S/C22H24ClN7O2/c1-14-21(27-28-30(14)16-5-8-24-9-6-16)15-10-19(22-17(23)11-26-29(22)12-15)32-20(13-31)18-4-2-3-7-25-18/h2-4,7,10-12,16,20,24,31H,5-6,8-9,13H2,1H3/t20-/m1/s1. The van der Waals surface area contributed by atoms with Gasteiger partial charge in [-0.3, -0.25) is 4.98 Å². The van der Waals surface area contributed by atoms with E-state index in [1.165, 1.54) is 0 Å². The van der Waals surface area contributed by atoms with Crippen LogP contribution in [0.2, 0.25) is 5.02 Å². The van der Waals surface area contributed by atoms with Crippen molar-refractivity contribution in [3.63, 3.8) is 0 Å². The summed E-state index contributed by atoms with van der Waals surface area (Å²) >= 11 is 6.41. The van der Waals surface area contributed by atoms with Crippen molar-refractivity contribution in [2.45, 2.75) is 31.9 Å². The topological polar surface area (TPSA) is 102 Å². The van der Waals surface area contributed by atoms with E-state index in [1.807, 2.05) is 42.1 Å². The minimum atomic E-state index is -0.646. The molecule has 4 aromatic rings. The van der Waals surface area contributed by atoms with Gasteiger partial charge in [0.1, 0.15) is 17.0 Å². The fourth-order valence-corrected chi connectivity index (χ4v) is 4.41. The SMILES string of the molecule is Cc1c(-c2cc(O[C@H](CO)c3ccccn3)c3c(Cl)cnn3c2)nnn1C1CCNCC1. The minimum absolute atomic E-state index is 0.232. The number of piperidine rings is 1. The lowest BCUT2D eigenvalue weighted by Crippen LogP contribution is -2.30. The number of fused-ring (bicyclic) bond motifs is 1. The summed E-state index contributed by atoms with van der Waals surface area (Å²) in [5.74, 6) is 0.491. The second kappa shape index (κ2) is 8.85. The Balaban J connectivity index is 1.55. The molecule has 5 rings (SSSR count). The van der Waals surface area contributed by atoms with Crippen molar-refractivity contribution in [3.8, 4) is 17.0 Å². The van der Waals surface area contributed by atoms with Crippen LogP contribution in [-0.4, -0.2) is 54.4 Å². The Bertz CT molecular complexity index is 1220. The molecule has 1 atom stereocenters. The summed E-state index contributed by atoms with van der Waals surface area (Å²) < 4.78 is 9.89. The molecule has 4 aromatic heterocycles. The molecular weight excluding hydrogens is 430 g/mol. The number of ether oxygens (including phenoxy) is 1. The van der Waals surface area contributed by atoms with Crippen LogP contribution in [0, 0.1) is 6.92 Å². The molecule has 1 fully saturated rings. The number of hydrogen-bond donors (Lipinski definition) is 2. The zero-order valence-electron chi connectivity index (χ0n) is 17.6.